The molecule has 4 heteroatoms. The maximum absolute atomic E-state index is 5.93. The summed E-state index contributed by atoms with van der Waals surface area (Å²) in [4.78, 5) is 0. The molecule has 0 heterocycles. The van der Waals surface area contributed by atoms with Crippen LogP contribution >= 0.6 is 0 Å². The maximum Gasteiger partial charge on any atom is 0.532 e. The van der Waals surface area contributed by atoms with Gasteiger partial charge >= 0.3 is 8.80 Å². The fraction of sp³-hybridized carbons (Fsp3) is 0.846. The van der Waals surface area contributed by atoms with Crippen LogP contribution in [0.5, 0.6) is 0 Å². The topological polar surface area (TPSA) is 27.7 Å². The van der Waals surface area contributed by atoms with Crippen LogP contribution in [0, 0.1) is 0 Å². The Morgan fingerprint density at radius 2 is 1.53 bits per heavy atom. The first-order valence-corrected chi connectivity index (χ1v) is 8.62. The molecule has 100 valence electrons. The predicted molar refractivity (Wildman–Crippen MR) is 71.8 cm³/mol. The molecule has 0 atom stereocenters. The van der Waals surface area contributed by atoms with Crippen molar-refractivity contribution in [2.75, 3.05) is 19.8 Å². The van der Waals surface area contributed by atoms with Crippen molar-refractivity contribution in [2.24, 2.45) is 0 Å². The predicted octanol–water partition coefficient (Wildman–Crippen LogP) is 3.46. The van der Waals surface area contributed by atoms with Gasteiger partial charge in [-0.25, -0.2) is 0 Å². The summed E-state index contributed by atoms with van der Waals surface area (Å²) in [5.74, 6) is 0. The lowest BCUT2D eigenvalue weighted by molar-refractivity contribution is 0.0797. The van der Waals surface area contributed by atoms with Crippen molar-refractivity contribution < 1.29 is 13.3 Å². The lowest BCUT2D eigenvalue weighted by Gasteiger charge is -2.30. The Bertz CT molecular complexity index is 224. The average molecular weight is 258 g/mol. The van der Waals surface area contributed by atoms with Gasteiger partial charge in [0.2, 0.25) is 0 Å². The summed E-state index contributed by atoms with van der Waals surface area (Å²) in [5, 5.41) is 1.31. The van der Waals surface area contributed by atoms with Crippen LogP contribution in [0.1, 0.15) is 52.9 Å². The minimum Gasteiger partial charge on any atom is -0.370 e. The number of allylic oxidation sites excluding steroid dienone is 2. The van der Waals surface area contributed by atoms with E-state index in [4.69, 9.17) is 13.3 Å². The monoisotopic (exact) mass is 258 g/mol. The molecule has 1 aliphatic rings. The Labute approximate surface area is 107 Å². The zero-order chi connectivity index (χ0) is 12.6. The second-order valence-electron chi connectivity index (χ2n) is 4.18. The van der Waals surface area contributed by atoms with Crippen LogP contribution in [0.4, 0.5) is 0 Å². The molecule has 0 aliphatic heterocycles. The Morgan fingerprint density at radius 3 is 2.06 bits per heavy atom. The largest absolute Gasteiger partial charge is 0.532 e. The maximum atomic E-state index is 5.93. The summed E-state index contributed by atoms with van der Waals surface area (Å²) in [7, 11) is -2.57. The van der Waals surface area contributed by atoms with E-state index < -0.39 is 8.80 Å². The number of hydrogen-bond donors (Lipinski definition) is 0. The molecule has 0 aromatic carbocycles. The smallest absolute Gasteiger partial charge is 0.370 e. The first-order valence-electron chi connectivity index (χ1n) is 6.90. The van der Waals surface area contributed by atoms with Gasteiger partial charge in [0.05, 0.1) is 0 Å². The molecule has 0 unspecified atom stereocenters. The van der Waals surface area contributed by atoms with Crippen molar-refractivity contribution in [2.45, 2.75) is 52.9 Å². The molecule has 1 rings (SSSR count). The van der Waals surface area contributed by atoms with Gasteiger partial charge in [-0.15, -0.1) is 0 Å². The van der Waals surface area contributed by atoms with Crippen LogP contribution in [0.25, 0.3) is 0 Å². The first kappa shape index (κ1) is 14.9. The van der Waals surface area contributed by atoms with Crippen LogP contribution < -0.4 is 0 Å². The third kappa shape index (κ3) is 4.21. The molecule has 0 N–H and O–H groups in total. The minimum absolute atomic E-state index is 0.656. The third-order valence-corrected chi connectivity index (χ3v) is 6.18. The SMILES string of the molecule is CCO[Si](OCC)(OCC)C1=CCCCCC1. The lowest BCUT2D eigenvalue weighted by atomic mass is 10.2. The Hall–Kier alpha value is -0.163. The number of rotatable bonds is 7. The quantitative estimate of drug-likeness (QED) is 0.654. The van der Waals surface area contributed by atoms with Crippen LogP contribution in [0.15, 0.2) is 11.3 Å². The molecule has 0 aromatic rings. The van der Waals surface area contributed by atoms with Gasteiger partial charge in [-0.1, -0.05) is 12.5 Å². The van der Waals surface area contributed by atoms with Crippen LogP contribution in [0.2, 0.25) is 0 Å². The van der Waals surface area contributed by atoms with Crippen molar-refractivity contribution in [3.05, 3.63) is 11.3 Å². The summed E-state index contributed by atoms with van der Waals surface area (Å²) in [6.45, 7) is 8.00. The molecular weight excluding hydrogens is 232 g/mol. The van der Waals surface area contributed by atoms with Crippen molar-refractivity contribution in [3.63, 3.8) is 0 Å². The molecule has 0 spiro atoms. The van der Waals surface area contributed by atoms with Crippen molar-refractivity contribution in [1.82, 2.24) is 0 Å². The second kappa shape index (κ2) is 8.03. The Balaban J connectivity index is 2.86. The highest BCUT2D eigenvalue weighted by Gasteiger charge is 2.44. The van der Waals surface area contributed by atoms with Gasteiger partial charge < -0.3 is 13.3 Å². The highest BCUT2D eigenvalue weighted by Crippen LogP contribution is 2.28. The molecule has 0 radical (unpaired) electrons. The van der Waals surface area contributed by atoms with Crippen molar-refractivity contribution >= 4 is 8.80 Å². The van der Waals surface area contributed by atoms with Gasteiger partial charge in [-0.3, -0.25) is 0 Å². The Kier molecular flexibility index (Phi) is 7.04. The van der Waals surface area contributed by atoms with E-state index in [1.165, 1.54) is 24.5 Å². The molecule has 17 heavy (non-hydrogen) atoms. The fourth-order valence-electron chi connectivity index (χ4n) is 2.27. The molecule has 0 amide bonds. The molecule has 0 saturated heterocycles. The summed E-state index contributed by atoms with van der Waals surface area (Å²) in [6.07, 6.45) is 8.32. The van der Waals surface area contributed by atoms with E-state index in [1.54, 1.807) is 0 Å². The van der Waals surface area contributed by atoms with Crippen molar-refractivity contribution in [3.8, 4) is 0 Å². The molecule has 0 saturated carbocycles. The van der Waals surface area contributed by atoms with E-state index in [0.717, 1.165) is 12.8 Å². The van der Waals surface area contributed by atoms with Gasteiger partial charge in [0, 0.05) is 19.8 Å². The van der Waals surface area contributed by atoms with E-state index in [2.05, 4.69) is 6.08 Å². The minimum atomic E-state index is -2.57. The molecule has 0 fully saturated rings. The van der Waals surface area contributed by atoms with Gasteiger partial charge in [0.15, 0.2) is 0 Å². The summed E-state index contributed by atoms with van der Waals surface area (Å²) in [6, 6.07) is 0. The zero-order valence-electron chi connectivity index (χ0n) is 11.5. The first-order chi connectivity index (χ1) is 8.29. The van der Waals surface area contributed by atoms with Gasteiger partial charge in [0.25, 0.3) is 0 Å². The summed E-state index contributed by atoms with van der Waals surface area (Å²) in [5.41, 5.74) is 0. The fourth-order valence-corrected chi connectivity index (χ4v) is 5.09. The summed E-state index contributed by atoms with van der Waals surface area (Å²) >= 11 is 0. The van der Waals surface area contributed by atoms with E-state index >= 15 is 0 Å². The number of hydrogen-bond acceptors (Lipinski definition) is 3. The summed E-state index contributed by atoms with van der Waals surface area (Å²) < 4.78 is 17.8. The average Bonchev–Trinajstić information content (AvgIpc) is 2.58. The lowest BCUT2D eigenvalue weighted by Crippen LogP contribution is -2.48. The Morgan fingerprint density at radius 1 is 0.941 bits per heavy atom. The zero-order valence-corrected chi connectivity index (χ0v) is 12.5. The van der Waals surface area contributed by atoms with Crippen molar-refractivity contribution in [1.29, 1.82) is 0 Å². The van der Waals surface area contributed by atoms with Crippen LogP contribution in [-0.4, -0.2) is 28.6 Å². The van der Waals surface area contributed by atoms with Crippen LogP contribution in [-0.2, 0) is 13.3 Å². The van der Waals surface area contributed by atoms with Gasteiger partial charge in [0.1, 0.15) is 0 Å². The third-order valence-electron chi connectivity index (χ3n) is 2.94. The normalized spacial score (nSPS) is 17.7. The van der Waals surface area contributed by atoms with E-state index in [-0.39, 0.29) is 0 Å². The molecule has 0 aromatic heterocycles. The van der Waals surface area contributed by atoms with E-state index in [0.29, 0.717) is 19.8 Å². The molecular formula is C13H26O3Si. The highest BCUT2D eigenvalue weighted by molar-refractivity contribution is 6.68. The van der Waals surface area contributed by atoms with E-state index in [1.807, 2.05) is 20.8 Å². The molecule has 1 aliphatic carbocycles. The van der Waals surface area contributed by atoms with E-state index in [9.17, 15) is 0 Å². The van der Waals surface area contributed by atoms with Crippen LogP contribution in [0.3, 0.4) is 0 Å². The van der Waals surface area contributed by atoms with Gasteiger partial charge in [-0.05, 0) is 51.7 Å². The standard InChI is InChI=1S/C13H26O3Si/c1-4-14-17(15-5-2,16-6-3)13-11-9-7-8-10-12-13/h11H,4-10,12H2,1-3H3. The second-order valence-corrected chi connectivity index (χ2v) is 6.80. The molecule has 3 nitrogen and oxygen atoms in total. The highest BCUT2D eigenvalue weighted by atomic mass is 28.4. The molecule has 0 bridgehead atoms. The van der Waals surface area contributed by atoms with Gasteiger partial charge in [-0.2, -0.15) is 0 Å².